The molecule has 3 aliphatic rings. The summed E-state index contributed by atoms with van der Waals surface area (Å²) in [6.45, 7) is 3.86. The van der Waals surface area contributed by atoms with Gasteiger partial charge < -0.3 is 5.32 Å². The zero-order chi connectivity index (χ0) is 26.4. The summed E-state index contributed by atoms with van der Waals surface area (Å²) in [7, 11) is 1.79. The fourth-order valence-corrected chi connectivity index (χ4v) is 5.52. The third-order valence-corrected chi connectivity index (χ3v) is 7.51. The molecule has 1 amide bonds. The average molecular weight is 512 g/mol. The van der Waals surface area contributed by atoms with Crippen molar-refractivity contribution in [1.82, 2.24) is 14.7 Å². The number of nitrogens with one attached hydrogen (secondary N) is 1. The van der Waals surface area contributed by atoms with Crippen LogP contribution in [-0.2, 0) is 6.54 Å². The maximum Gasteiger partial charge on any atom is 0.267 e. The van der Waals surface area contributed by atoms with E-state index in [1.54, 1.807) is 25.8 Å². The van der Waals surface area contributed by atoms with Crippen molar-refractivity contribution in [3.8, 4) is 0 Å². The number of benzene rings is 2. The van der Waals surface area contributed by atoms with Crippen LogP contribution in [0.5, 0.6) is 0 Å². The lowest BCUT2D eigenvalue weighted by Gasteiger charge is -2.34. The van der Waals surface area contributed by atoms with Crippen molar-refractivity contribution < 1.29 is 9.18 Å². The van der Waals surface area contributed by atoms with Gasteiger partial charge in [0.25, 0.3) is 5.91 Å². The van der Waals surface area contributed by atoms with E-state index in [-0.39, 0.29) is 18.0 Å². The first-order valence-corrected chi connectivity index (χ1v) is 13.0. The maximum absolute atomic E-state index is 13.7. The Kier molecular flexibility index (Phi) is 6.06. The molecule has 9 heteroatoms. The Morgan fingerprint density at radius 1 is 1.16 bits per heavy atom. The van der Waals surface area contributed by atoms with Crippen LogP contribution in [0.4, 0.5) is 21.7 Å². The molecule has 0 radical (unpaired) electrons. The summed E-state index contributed by atoms with van der Waals surface area (Å²) in [6, 6.07) is 18.1. The van der Waals surface area contributed by atoms with Crippen molar-refractivity contribution in [2.75, 3.05) is 17.3 Å². The van der Waals surface area contributed by atoms with Gasteiger partial charge in [0.1, 0.15) is 11.4 Å². The van der Waals surface area contributed by atoms with Crippen molar-refractivity contribution >= 4 is 34.9 Å². The van der Waals surface area contributed by atoms with E-state index in [0.717, 1.165) is 36.1 Å². The van der Waals surface area contributed by atoms with Gasteiger partial charge in [0.05, 0.1) is 18.6 Å². The third kappa shape index (κ3) is 4.08. The largest absolute Gasteiger partial charge is 0.340 e. The minimum absolute atomic E-state index is 0.118. The molecule has 194 valence electrons. The molecule has 3 heterocycles. The molecule has 1 N–H and O–H groups in total. The maximum atomic E-state index is 13.7. The molecule has 2 aromatic carbocycles. The van der Waals surface area contributed by atoms with Crippen LogP contribution < -0.4 is 10.2 Å². The molecule has 2 aliphatic heterocycles. The van der Waals surface area contributed by atoms with E-state index >= 15 is 0 Å². The lowest BCUT2D eigenvalue weighted by molar-refractivity contribution is 0.0866. The summed E-state index contributed by atoms with van der Waals surface area (Å²) in [5.74, 6) is 1.39. The molecule has 38 heavy (non-hydrogen) atoms. The highest BCUT2D eigenvalue weighted by Gasteiger charge is 2.49. The smallest absolute Gasteiger partial charge is 0.267 e. The zero-order valence-electron chi connectivity index (χ0n) is 21.7. The van der Waals surface area contributed by atoms with Gasteiger partial charge in [-0.25, -0.2) is 14.7 Å². The number of nitrogens with zero attached hydrogens (tertiary/aromatic N) is 6. The molecule has 0 spiro atoms. The van der Waals surface area contributed by atoms with Crippen molar-refractivity contribution in [2.45, 2.75) is 51.7 Å². The molecule has 0 bridgehead atoms. The van der Waals surface area contributed by atoms with E-state index in [0.29, 0.717) is 35.4 Å². The number of guanidine groups is 1. The summed E-state index contributed by atoms with van der Waals surface area (Å²) < 4.78 is 15.5. The fraction of sp³-hybridized carbons (Fsp3) is 0.310. The van der Waals surface area contributed by atoms with Crippen LogP contribution in [0, 0.1) is 0 Å². The van der Waals surface area contributed by atoms with Gasteiger partial charge >= 0.3 is 0 Å². The molecule has 1 aromatic heterocycles. The van der Waals surface area contributed by atoms with E-state index < -0.39 is 5.95 Å². The molecule has 3 aromatic rings. The Balaban J connectivity index is 1.40. The molecule has 2 atom stereocenters. The number of fused-ring (bicyclic) bond motifs is 5. The minimum atomic E-state index is -0.505. The van der Waals surface area contributed by atoms with Gasteiger partial charge in [0, 0.05) is 18.4 Å². The predicted octanol–water partition coefficient (Wildman–Crippen LogP) is 5.50. The van der Waals surface area contributed by atoms with Gasteiger partial charge in [-0.2, -0.15) is 9.49 Å². The van der Waals surface area contributed by atoms with Crippen LogP contribution in [0.15, 0.2) is 76.6 Å². The molecule has 1 aliphatic carbocycles. The van der Waals surface area contributed by atoms with Gasteiger partial charge in [-0.15, -0.1) is 0 Å². The number of hydrogen-bond acceptors (Lipinski definition) is 6. The van der Waals surface area contributed by atoms with Crippen LogP contribution in [-0.4, -0.2) is 51.4 Å². The third-order valence-electron chi connectivity index (χ3n) is 7.51. The minimum Gasteiger partial charge on any atom is -0.340 e. The highest BCUT2D eigenvalue weighted by Crippen LogP contribution is 2.43. The predicted molar refractivity (Wildman–Crippen MR) is 148 cm³/mol. The molecule has 0 unspecified atom stereocenters. The van der Waals surface area contributed by atoms with Crippen molar-refractivity contribution in [3.05, 3.63) is 83.3 Å². The number of carbonyl (C=O) groups excluding carboxylic acids is 1. The number of carbonyl (C=O) groups is 1. The Bertz CT molecular complexity index is 1470. The Hall–Kier alpha value is -4.27. The Labute approximate surface area is 221 Å². The highest BCUT2D eigenvalue weighted by atomic mass is 19.1. The summed E-state index contributed by atoms with van der Waals surface area (Å²) in [6.07, 6.45) is 4.52. The summed E-state index contributed by atoms with van der Waals surface area (Å²) in [5.41, 5.74) is 3.88. The summed E-state index contributed by atoms with van der Waals surface area (Å²) >= 11 is 0. The molecular weight excluding hydrogens is 481 g/mol. The number of aromatic nitrogens is 2. The number of halogens is 1. The van der Waals surface area contributed by atoms with Crippen LogP contribution in [0.2, 0.25) is 0 Å². The lowest BCUT2D eigenvalue weighted by atomic mass is 10.1. The first-order valence-electron chi connectivity index (χ1n) is 13.0. The fourth-order valence-electron chi connectivity index (χ4n) is 5.52. The van der Waals surface area contributed by atoms with Gasteiger partial charge in [0.15, 0.2) is 5.82 Å². The summed E-state index contributed by atoms with van der Waals surface area (Å²) in [5, 5.41) is 8.48. The first-order chi connectivity index (χ1) is 18.4. The highest BCUT2D eigenvalue weighted by molar-refractivity contribution is 6.21. The van der Waals surface area contributed by atoms with Crippen molar-refractivity contribution in [1.29, 1.82) is 0 Å². The molecule has 1 fully saturated rings. The van der Waals surface area contributed by atoms with Gasteiger partial charge in [-0.05, 0) is 62.4 Å². The molecule has 0 saturated heterocycles. The van der Waals surface area contributed by atoms with E-state index in [9.17, 15) is 9.18 Å². The molecule has 8 nitrogen and oxygen atoms in total. The lowest BCUT2D eigenvalue weighted by Crippen LogP contribution is -2.51. The normalized spacial score (nSPS) is 20.8. The number of rotatable bonds is 6. The van der Waals surface area contributed by atoms with Crippen LogP contribution >= 0.6 is 0 Å². The first kappa shape index (κ1) is 24.1. The SMILES string of the molecule is C/C=C(F)\N=C(/C)c1ccc(Cn2nc3c(c2Nc2ccccc2)C(=O)N(C)C2=N[C@@H]4CCC[C@@H]4N23)cc1. The topological polar surface area (TPSA) is 78.1 Å². The van der Waals surface area contributed by atoms with Crippen LogP contribution in [0.1, 0.15) is 54.6 Å². The number of amides is 1. The standard InChI is InChI=1S/C29H30FN7O/c1-4-24(30)31-18(2)20-15-13-19(14-16-20)17-36-26(32-21-9-6-5-7-10-21)25-27(34-36)37-23-12-8-11-22(23)33-29(37)35(3)28(25)38/h4-7,9-10,13-16,22-23,32H,8,11-12,17H2,1-3H3/b24-4-,31-18+/t22-,23+/m1/s1. The van der Waals surface area contributed by atoms with Crippen LogP contribution in [0.3, 0.4) is 0 Å². The number of allylic oxidation sites excluding steroid dienone is 1. The molecule has 1 saturated carbocycles. The molecule has 6 rings (SSSR count). The van der Waals surface area contributed by atoms with Crippen molar-refractivity contribution in [3.63, 3.8) is 0 Å². The number of para-hydroxylation sites is 1. The number of anilines is 3. The second-order valence-corrected chi connectivity index (χ2v) is 9.93. The van der Waals surface area contributed by atoms with Crippen LogP contribution in [0.25, 0.3) is 0 Å². The number of aliphatic imine (C=N–C) groups is 2. The Morgan fingerprint density at radius 2 is 1.92 bits per heavy atom. The van der Waals surface area contributed by atoms with Gasteiger partial charge in [0.2, 0.25) is 11.9 Å². The Morgan fingerprint density at radius 3 is 2.66 bits per heavy atom. The van der Waals surface area contributed by atoms with Crippen molar-refractivity contribution in [2.24, 2.45) is 9.98 Å². The van der Waals surface area contributed by atoms with Gasteiger partial charge in [-0.3, -0.25) is 14.6 Å². The van der Waals surface area contributed by atoms with E-state index in [1.807, 2.05) is 59.3 Å². The van der Waals surface area contributed by atoms with Gasteiger partial charge in [-0.1, -0.05) is 42.5 Å². The van der Waals surface area contributed by atoms with E-state index in [1.165, 1.54) is 6.08 Å². The summed E-state index contributed by atoms with van der Waals surface area (Å²) in [4.78, 5) is 26.4. The number of hydrogen-bond donors (Lipinski definition) is 1. The molecular formula is C29H30FN7O. The zero-order valence-corrected chi connectivity index (χ0v) is 21.7. The van der Waals surface area contributed by atoms with E-state index in [2.05, 4.69) is 15.2 Å². The second kappa shape index (κ2) is 9.55. The average Bonchev–Trinajstić information content (AvgIpc) is 3.62. The monoisotopic (exact) mass is 511 g/mol. The van der Waals surface area contributed by atoms with E-state index in [4.69, 9.17) is 10.1 Å². The quantitative estimate of drug-likeness (QED) is 0.350. The second-order valence-electron chi connectivity index (χ2n) is 9.93.